The van der Waals surface area contributed by atoms with Crippen molar-refractivity contribution in [3.63, 3.8) is 0 Å². The Kier molecular flexibility index (Phi) is 5.48. The monoisotopic (exact) mass is 338 g/mol. The van der Waals surface area contributed by atoms with E-state index in [1.165, 1.54) is 0 Å². The zero-order valence-corrected chi connectivity index (χ0v) is 15.0. The Hall–Kier alpha value is -2.09. The second kappa shape index (κ2) is 7.21. The van der Waals surface area contributed by atoms with Gasteiger partial charge in [0.1, 0.15) is 5.60 Å². The summed E-state index contributed by atoms with van der Waals surface area (Å²) in [5.41, 5.74) is 0.202. The Morgan fingerprint density at radius 2 is 2.12 bits per heavy atom. The first kappa shape index (κ1) is 18.3. The van der Waals surface area contributed by atoms with Crippen LogP contribution in [0.3, 0.4) is 0 Å². The molecule has 1 saturated heterocycles. The van der Waals surface area contributed by atoms with Crippen molar-refractivity contribution < 1.29 is 18.8 Å². The lowest BCUT2D eigenvalue weighted by atomic mass is 10.2. The summed E-state index contributed by atoms with van der Waals surface area (Å²) in [6.45, 7) is 11.3. The smallest absolute Gasteiger partial charge is 0.410 e. The van der Waals surface area contributed by atoms with Gasteiger partial charge in [-0.05, 0) is 34.6 Å². The Bertz CT molecular complexity index is 593. The predicted octanol–water partition coefficient (Wildman–Crippen LogP) is 1.86. The van der Waals surface area contributed by atoms with E-state index in [1.54, 1.807) is 17.9 Å². The van der Waals surface area contributed by atoms with Gasteiger partial charge in [-0.1, -0.05) is 5.16 Å². The second-order valence-corrected chi connectivity index (χ2v) is 7.14. The van der Waals surface area contributed by atoms with E-state index >= 15 is 0 Å². The maximum Gasteiger partial charge on any atom is 0.410 e. The summed E-state index contributed by atoms with van der Waals surface area (Å²) in [5, 5.41) is 6.40. The van der Waals surface area contributed by atoms with Crippen LogP contribution in [0.2, 0.25) is 0 Å². The summed E-state index contributed by atoms with van der Waals surface area (Å²) >= 11 is 0. The van der Waals surface area contributed by atoms with Crippen LogP contribution in [0.5, 0.6) is 0 Å². The van der Waals surface area contributed by atoms with Crippen molar-refractivity contribution in [1.82, 2.24) is 15.0 Å². The van der Waals surface area contributed by atoms with Gasteiger partial charge in [-0.15, -0.1) is 0 Å². The summed E-state index contributed by atoms with van der Waals surface area (Å²) in [4.78, 5) is 27.9. The van der Waals surface area contributed by atoms with E-state index in [9.17, 15) is 9.59 Å². The molecule has 2 heterocycles. The molecule has 0 bridgehead atoms. The maximum absolute atomic E-state index is 12.2. The standard InChI is InChI=1S/C16H26N4O4/c1-11-8-14(24-18-11)17-13(21)10-19-6-7-20(12(2)9-19)15(22)23-16(3,4)5/h8,12H,6-7,9-10H2,1-5H3,(H,17,21)/t12-/m1/s1. The fraction of sp³-hybridized carbons (Fsp3) is 0.688. The van der Waals surface area contributed by atoms with Crippen molar-refractivity contribution in [3.05, 3.63) is 11.8 Å². The predicted molar refractivity (Wildman–Crippen MR) is 88.7 cm³/mol. The first-order valence-electron chi connectivity index (χ1n) is 8.09. The van der Waals surface area contributed by atoms with E-state index in [0.717, 1.165) is 0 Å². The third kappa shape index (κ3) is 5.23. The molecule has 1 N–H and O–H groups in total. The fourth-order valence-corrected chi connectivity index (χ4v) is 2.57. The van der Waals surface area contributed by atoms with E-state index in [-0.39, 0.29) is 24.6 Å². The van der Waals surface area contributed by atoms with Crippen LogP contribution in [-0.2, 0) is 9.53 Å². The molecule has 0 saturated carbocycles. The molecule has 1 fully saturated rings. The van der Waals surface area contributed by atoms with Crippen molar-refractivity contribution in [3.8, 4) is 0 Å². The normalized spacial score (nSPS) is 19.2. The Labute approximate surface area is 142 Å². The number of aryl methyl sites for hydroxylation is 1. The fourth-order valence-electron chi connectivity index (χ4n) is 2.57. The molecule has 8 heteroatoms. The lowest BCUT2D eigenvalue weighted by molar-refractivity contribution is -0.118. The molecule has 0 radical (unpaired) electrons. The lowest BCUT2D eigenvalue weighted by Gasteiger charge is -2.39. The van der Waals surface area contributed by atoms with Crippen LogP contribution in [0.1, 0.15) is 33.4 Å². The molecule has 8 nitrogen and oxygen atoms in total. The van der Waals surface area contributed by atoms with Gasteiger partial charge in [0, 0.05) is 31.7 Å². The number of aromatic nitrogens is 1. The number of piperazine rings is 1. The highest BCUT2D eigenvalue weighted by Gasteiger charge is 2.31. The molecule has 1 aliphatic heterocycles. The molecule has 0 aromatic carbocycles. The summed E-state index contributed by atoms with van der Waals surface area (Å²) in [7, 11) is 0. The number of anilines is 1. The van der Waals surface area contributed by atoms with E-state index < -0.39 is 5.60 Å². The highest BCUT2D eigenvalue weighted by atomic mass is 16.6. The highest BCUT2D eigenvalue weighted by molar-refractivity contribution is 5.91. The average Bonchev–Trinajstić information content (AvgIpc) is 2.81. The van der Waals surface area contributed by atoms with Crippen LogP contribution in [0.15, 0.2) is 10.6 Å². The Balaban J connectivity index is 1.82. The molecule has 2 amide bonds. The van der Waals surface area contributed by atoms with Gasteiger partial charge in [-0.25, -0.2) is 4.79 Å². The zero-order chi connectivity index (χ0) is 17.9. The lowest BCUT2D eigenvalue weighted by Crippen LogP contribution is -2.56. The van der Waals surface area contributed by atoms with Gasteiger partial charge in [0.15, 0.2) is 0 Å². The second-order valence-electron chi connectivity index (χ2n) is 7.14. The van der Waals surface area contributed by atoms with E-state index in [2.05, 4.69) is 10.5 Å². The van der Waals surface area contributed by atoms with Crippen molar-refractivity contribution in [2.45, 2.75) is 46.3 Å². The first-order chi connectivity index (χ1) is 11.1. The number of rotatable bonds is 3. The molecule has 1 atom stereocenters. The minimum atomic E-state index is -0.511. The first-order valence-corrected chi connectivity index (χ1v) is 8.09. The summed E-state index contributed by atoms with van der Waals surface area (Å²) in [6, 6.07) is 1.65. The van der Waals surface area contributed by atoms with E-state index in [0.29, 0.717) is 31.2 Å². The number of ether oxygens (including phenoxy) is 1. The third-order valence-corrected chi connectivity index (χ3v) is 3.60. The minimum Gasteiger partial charge on any atom is -0.444 e. The molecule has 2 rings (SSSR count). The Morgan fingerprint density at radius 1 is 1.42 bits per heavy atom. The van der Waals surface area contributed by atoms with Gasteiger partial charge in [0.25, 0.3) is 0 Å². The van der Waals surface area contributed by atoms with Crippen LogP contribution < -0.4 is 5.32 Å². The quantitative estimate of drug-likeness (QED) is 0.905. The van der Waals surface area contributed by atoms with Gasteiger partial charge in [-0.2, -0.15) is 0 Å². The largest absolute Gasteiger partial charge is 0.444 e. The summed E-state index contributed by atoms with van der Waals surface area (Å²) in [5.74, 6) is 0.182. The number of carbonyl (C=O) groups is 2. The number of carbonyl (C=O) groups excluding carboxylic acids is 2. The van der Waals surface area contributed by atoms with E-state index in [4.69, 9.17) is 9.26 Å². The van der Waals surface area contributed by atoms with Crippen molar-refractivity contribution >= 4 is 17.9 Å². The molecule has 1 aliphatic rings. The molecular weight excluding hydrogens is 312 g/mol. The summed E-state index contributed by atoms with van der Waals surface area (Å²) < 4.78 is 10.4. The molecule has 0 unspecified atom stereocenters. The van der Waals surface area contributed by atoms with Crippen LogP contribution in [0, 0.1) is 6.92 Å². The molecule has 134 valence electrons. The van der Waals surface area contributed by atoms with Gasteiger partial charge in [0.05, 0.1) is 12.2 Å². The number of hydrogen-bond acceptors (Lipinski definition) is 6. The van der Waals surface area contributed by atoms with Crippen molar-refractivity contribution in [2.24, 2.45) is 0 Å². The molecule has 24 heavy (non-hydrogen) atoms. The van der Waals surface area contributed by atoms with Gasteiger partial charge in [0.2, 0.25) is 11.8 Å². The SMILES string of the molecule is Cc1cc(NC(=O)CN2CCN(C(=O)OC(C)(C)C)[C@H](C)C2)on1. The molecule has 1 aromatic heterocycles. The third-order valence-electron chi connectivity index (χ3n) is 3.60. The minimum absolute atomic E-state index is 0.0195. The highest BCUT2D eigenvalue weighted by Crippen LogP contribution is 2.16. The van der Waals surface area contributed by atoms with Crippen molar-refractivity contribution in [2.75, 3.05) is 31.5 Å². The van der Waals surface area contributed by atoms with Crippen LogP contribution >= 0.6 is 0 Å². The molecule has 0 aliphatic carbocycles. The average molecular weight is 338 g/mol. The molecule has 1 aromatic rings. The van der Waals surface area contributed by atoms with Gasteiger partial charge < -0.3 is 14.2 Å². The number of amides is 2. The topological polar surface area (TPSA) is 87.9 Å². The van der Waals surface area contributed by atoms with Crippen LogP contribution in [0.25, 0.3) is 0 Å². The summed E-state index contributed by atoms with van der Waals surface area (Å²) in [6.07, 6.45) is -0.309. The van der Waals surface area contributed by atoms with Crippen LogP contribution in [-0.4, -0.2) is 64.8 Å². The number of nitrogens with one attached hydrogen (secondary N) is 1. The number of hydrogen-bond donors (Lipinski definition) is 1. The maximum atomic E-state index is 12.2. The Morgan fingerprint density at radius 3 is 2.67 bits per heavy atom. The van der Waals surface area contributed by atoms with Gasteiger partial charge >= 0.3 is 6.09 Å². The molecular formula is C16H26N4O4. The van der Waals surface area contributed by atoms with Crippen LogP contribution in [0.4, 0.5) is 10.7 Å². The number of nitrogens with zero attached hydrogens (tertiary/aromatic N) is 3. The van der Waals surface area contributed by atoms with Crippen molar-refractivity contribution in [1.29, 1.82) is 0 Å². The zero-order valence-electron chi connectivity index (χ0n) is 15.0. The molecule has 0 spiro atoms. The van der Waals surface area contributed by atoms with Gasteiger partial charge in [-0.3, -0.25) is 15.0 Å². The van der Waals surface area contributed by atoms with E-state index in [1.807, 2.05) is 32.6 Å².